The average Bonchev–Trinajstić information content (AvgIpc) is 3.39. The SMILES string of the molecule is CC(C)OCCn1ccc2c(-c3cn[nH]c3)cn(-c3ccc(OC(F)(F)F)cc3)c(=O)c21. The summed E-state index contributed by atoms with van der Waals surface area (Å²) < 4.78 is 50.2. The molecule has 0 bridgehead atoms. The van der Waals surface area contributed by atoms with E-state index in [1.807, 2.05) is 30.7 Å². The van der Waals surface area contributed by atoms with Gasteiger partial charge in [0.25, 0.3) is 5.56 Å². The quantitative estimate of drug-likeness (QED) is 0.454. The van der Waals surface area contributed by atoms with Crippen molar-refractivity contribution in [1.29, 1.82) is 0 Å². The maximum absolute atomic E-state index is 13.4. The molecule has 3 heterocycles. The Labute approximate surface area is 181 Å². The van der Waals surface area contributed by atoms with Gasteiger partial charge in [-0.3, -0.25) is 14.5 Å². The minimum Gasteiger partial charge on any atom is -0.406 e. The second-order valence-electron chi connectivity index (χ2n) is 7.44. The van der Waals surface area contributed by atoms with E-state index in [4.69, 9.17) is 4.74 Å². The fraction of sp³-hybridized carbons (Fsp3) is 0.273. The van der Waals surface area contributed by atoms with Crippen molar-refractivity contribution in [2.75, 3.05) is 6.61 Å². The van der Waals surface area contributed by atoms with E-state index in [1.54, 1.807) is 18.6 Å². The number of pyridine rings is 1. The van der Waals surface area contributed by atoms with E-state index in [9.17, 15) is 18.0 Å². The number of alkyl halides is 3. The van der Waals surface area contributed by atoms with E-state index in [-0.39, 0.29) is 17.4 Å². The molecule has 1 N–H and O–H groups in total. The standard InChI is InChI=1S/C22H21F3N4O3/c1-14(2)31-10-9-28-8-7-18-19(15-11-26-27-12-15)13-29(21(30)20(18)28)16-3-5-17(6-4-16)32-22(23,24)25/h3-8,11-14H,9-10H2,1-2H3,(H,26,27). The Balaban J connectivity index is 1.82. The van der Waals surface area contributed by atoms with Gasteiger partial charge in [0.05, 0.1) is 18.9 Å². The molecule has 0 radical (unpaired) electrons. The van der Waals surface area contributed by atoms with Gasteiger partial charge in [0.2, 0.25) is 0 Å². The van der Waals surface area contributed by atoms with Gasteiger partial charge in [-0.15, -0.1) is 13.2 Å². The number of aromatic nitrogens is 4. The molecule has 0 aliphatic rings. The second kappa shape index (κ2) is 8.54. The third-order valence-electron chi connectivity index (χ3n) is 4.87. The van der Waals surface area contributed by atoms with Gasteiger partial charge in [0.1, 0.15) is 11.3 Å². The number of halogens is 3. The van der Waals surface area contributed by atoms with E-state index in [2.05, 4.69) is 14.9 Å². The molecule has 0 saturated heterocycles. The lowest BCUT2D eigenvalue weighted by Gasteiger charge is -2.14. The van der Waals surface area contributed by atoms with Crippen molar-refractivity contribution < 1.29 is 22.6 Å². The van der Waals surface area contributed by atoms with Crippen molar-refractivity contribution in [2.45, 2.75) is 32.9 Å². The number of rotatable bonds is 7. The number of benzene rings is 1. The predicted molar refractivity (Wildman–Crippen MR) is 113 cm³/mol. The summed E-state index contributed by atoms with van der Waals surface area (Å²) in [7, 11) is 0. The van der Waals surface area contributed by atoms with Crippen LogP contribution < -0.4 is 10.3 Å². The predicted octanol–water partition coefficient (Wildman–Crippen LogP) is 4.51. The van der Waals surface area contributed by atoms with Gasteiger partial charge in [-0.25, -0.2) is 0 Å². The summed E-state index contributed by atoms with van der Waals surface area (Å²) in [4.78, 5) is 13.4. The van der Waals surface area contributed by atoms with Crippen LogP contribution in [0.15, 0.2) is 59.9 Å². The minimum absolute atomic E-state index is 0.0624. The molecule has 0 saturated carbocycles. The van der Waals surface area contributed by atoms with E-state index in [1.165, 1.54) is 28.8 Å². The third-order valence-corrected chi connectivity index (χ3v) is 4.87. The van der Waals surface area contributed by atoms with Gasteiger partial charge in [-0.1, -0.05) is 0 Å². The molecule has 7 nitrogen and oxygen atoms in total. The first-order valence-corrected chi connectivity index (χ1v) is 9.94. The van der Waals surface area contributed by atoms with Crippen LogP contribution in [0.25, 0.3) is 27.7 Å². The lowest BCUT2D eigenvalue weighted by molar-refractivity contribution is -0.274. The fourth-order valence-corrected chi connectivity index (χ4v) is 3.50. The lowest BCUT2D eigenvalue weighted by atomic mass is 10.1. The number of hydrogen-bond donors (Lipinski definition) is 1. The highest BCUT2D eigenvalue weighted by Gasteiger charge is 2.31. The van der Waals surface area contributed by atoms with Gasteiger partial charge in [-0.05, 0) is 44.2 Å². The van der Waals surface area contributed by atoms with Gasteiger partial charge in [0.15, 0.2) is 0 Å². The number of hydrogen-bond acceptors (Lipinski definition) is 4. The molecule has 4 aromatic rings. The molecule has 0 atom stereocenters. The number of H-pyrrole nitrogens is 1. The van der Waals surface area contributed by atoms with Gasteiger partial charge >= 0.3 is 6.36 Å². The molecule has 32 heavy (non-hydrogen) atoms. The van der Waals surface area contributed by atoms with Crippen LogP contribution in [0.3, 0.4) is 0 Å². The maximum Gasteiger partial charge on any atom is 0.573 e. The normalized spacial score (nSPS) is 12.1. The molecule has 0 amide bonds. The molecular weight excluding hydrogens is 425 g/mol. The molecule has 4 rings (SSSR count). The van der Waals surface area contributed by atoms with E-state index >= 15 is 0 Å². The Kier molecular flexibility index (Phi) is 5.79. The zero-order valence-corrected chi connectivity index (χ0v) is 17.4. The Morgan fingerprint density at radius 2 is 1.91 bits per heavy atom. The topological polar surface area (TPSA) is 74.1 Å². The van der Waals surface area contributed by atoms with Crippen molar-refractivity contribution in [3.8, 4) is 22.6 Å². The number of nitrogens with zero attached hydrogens (tertiary/aromatic N) is 3. The molecule has 0 aliphatic heterocycles. The highest BCUT2D eigenvalue weighted by molar-refractivity contribution is 5.94. The molecular formula is C22H21F3N4O3. The van der Waals surface area contributed by atoms with Crippen molar-refractivity contribution in [2.24, 2.45) is 0 Å². The summed E-state index contributed by atoms with van der Waals surface area (Å²) in [6.45, 7) is 4.78. The Bertz CT molecular complexity index is 1260. The second-order valence-corrected chi connectivity index (χ2v) is 7.44. The monoisotopic (exact) mass is 446 g/mol. The summed E-state index contributed by atoms with van der Waals surface area (Å²) in [6, 6.07) is 7.02. The third kappa shape index (κ3) is 4.54. The average molecular weight is 446 g/mol. The maximum atomic E-state index is 13.4. The van der Waals surface area contributed by atoms with Crippen LogP contribution in [-0.2, 0) is 11.3 Å². The van der Waals surface area contributed by atoms with Crippen LogP contribution in [0.1, 0.15) is 13.8 Å². The van der Waals surface area contributed by atoms with Gasteiger partial charge in [-0.2, -0.15) is 5.10 Å². The lowest BCUT2D eigenvalue weighted by Crippen LogP contribution is -2.22. The van der Waals surface area contributed by atoms with Crippen LogP contribution in [0.4, 0.5) is 13.2 Å². The van der Waals surface area contributed by atoms with Crippen LogP contribution >= 0.6 is 0 Å². The summed E-state index contributed by atoms with van der Waals surface area (Å²) in [5.74, 6) is -0.361. The summed E-state index contributed by atoms with van der Waals surface area (Å²) in [5.41, 5.74) is 2.10. The van der Waals surface area contributed by atoms with Crippen LogP contribution in [0, 0.1) is 0 Å². The fourth-order valence-electron chi connectivity index (χ4n) is 3.50. The summed E-state index contributed by atoms with van der Waals surface area (Å²) in [6.07, 6.45) is 2.11. The molecule has 0 spiro atoms. The van der Waals surface area contributed by atoms with E-state index < -0.39 is 6.36 Å². The Morgan fingerprint density at radius 3 is 2.53 bits per heavy atom. The van der Waals surface area contributed by atoms with E-state index in [0.29, 0.717) is 24.4 Å². The van der Waals surface area contributed by atoms with Crippen molar-refractivity contribution in [3.05, 3.63) is 65.5 Å². The van der Waals surface area contributed by atoms with Crippen LogP contribution in [0.2, 0.25) is 0 Å². The number of ether oxygens (including phenoxy) is 2. The Hall–Kier alpha value is -3.53. The first kappa shape index (κ1) is 21.7. The first-order chi connectivity index (χ1) is 15.2. The van der Waals surface area contributed by atoms with E-state index in [0.717, 1.165) is 16.5 Å². The van der Waals surface area contributed by atoms with Crippen LogP contribution in [0.5, 0.6) is 5.75 Å². The molecule has 3 aromatic heterocycles. The molecule has 0 unspecified atom stereocenters. The molecule has 10 heteroatoms. The highest BCUT2D eigenvalue weighted by atomic mass is 19.4. The first-order valence-electron chi connectivity index (χ1n) is 9.94. The summed E-state index contributed by atoms with van der Waals surface area (Å²) in [5, 5.41) is 7.50. The zero-order chi connectivity index (χ0) is 22.9. The van der Waals surface area contributed by atoms with Crippen LogP contribution in [-0.4, -0.2) is 38.4 Å². The van der Waals surface area contributed by atoms with Crippen molar-refractivity contribution in [3.63, 3.8) is 0 Å². The largest absolute Gasteiger partial charge is 0.573 e. The summed E-state index contributed by atoms with van der Waals surface area (Å²) >= 11 is 0. The number of fused-ring (bicyclic) bond motifs is 1. The van der Waals surface area contributed by atoms with Gasteiger partial charge in [0, 0.05) is 47.3 Å². The molecule has 0 aliphatic carbocycles. The molecule has 0 fully saturated rings. The zero-order valence-electron chi connectivity index (χ0n) is 17.4. The Morgan fingerprint density at radius 1 is 1.16 bits per heavy atom. The minimum atomic E-state index is -4.79. The smallest absolute Gasteiger partial charge is 0.406 e. The number of nitrogens with one attached hydrogen (secondary N) is 1. The van der Waals surface area contributed by atoms with Gasteiger partial charge < -0.3 is 14.0 Å². The molecule has 1 aromatic carbocycles. The highest BCUT2D eigenvalue weighted by Crippen LogP contribution is 2.29. The van der Waals surface area contributed by atoms with Crippen molar-refractivity contribution in [1.82, 2.24) is 19.3 Å². The molecule has 168 valence electrons. The number of aromatic amines is 1. The van der Waals surface area contributed by atoms with Crippen molar-refractivity contribution >= 4 is 10.9 Å².